The van der Waals surface area contributed by atoms with Crippen LogP contribution in [-0.2, 0) is 50.7 Å². The van der Waals surface area contributed by atoms with Crippen molar-refractivity contribution in [2.45, 2.75) is 116 Å². The Morgan fingerprint density at radius 1 is 0.967 bits per heavy atom. The molecular formula is C32H52N7O17P3S-4. The highest BCUT2D eigenvalue weighted by atomic mass is 32.2. The summed E-state index contributed by atoms with van der Waals surface area (Å²) in [6, 6.07) is 0. The van der Waals surface area contributed by atoms with Gasteiger partial charge in [0.15, 0.2) is 22.8 Å². The van der Waals surface area contributed by atoms with Crippen LogP contribution in [0, 0.1) is 5.41 Å². The maximum absolute atomic E-state index is 12.6. The Morgan fingerprint density at radius 3 is 2.28 bits per heavy atom. The third kappa shape index (κ3) is 17.4. The second-order valence-corrected chi connectivity index (χ2v) is 19.6. The van der Waals surface area contributed by atoms with Gasteiger partial charge in [0, 0.05) is 37.1 Å². The van der Waals surface area contributed by atoms with Gasteiger partial charge >= 0.3 is 0 Å². The van der Waals surface area contributed by atoms with E-state index in [1.54, 1.807) is 0 Å². The first-order valence-electron chi connectivity index (χ1n) is 19.0. The number of hydrogen-bond donors (Lipinski definition) is 5. The highest BCUT2D eigenvalue weighted by molar-refractivity contribution is 8.13. The van der Waals surface area contributed by atoms with E-state index in [2.05, 4.69) is 50.4 Å². The second kappa shape index (κ2) is 23.9. The number of thioether (sulfide) groups is 1. The van der Waals surface area contributed by atoms with Gasteiger partial charge < -0.3 is 69.0 Å². The highest BCUT2D eigenvalue weighted by Crippen LogP contribution is 2.56. The molecule has 7 atom stereocenters. The quantitative estimate of drug-likeness (QED) is 0.0538. The number of aliphatic hydroxyl groups excluding tert-OH is 2. The van der Waals surface area contributed by atoms with Crippen LogP contribution in [0.4, 0.5) is 5.82 Å². The van der Waals surface area contributed by atoms with E-state index in [0.29, 0.717) is 12.2 Å². The number of anilines is 1. The molecule has 2 unspecified atom stereocenters. The zero-order valence-electron chi connectivity index (χ0n) is 33.3. The molecule has 3 heterocycles. The number of fused-ring (bicyclic) bond motifs is 1. The summed E-state index contributed by atoms with van der Waals surface area (Å²) < 4.78 is 60.6. The van der Waals surface area contributed by atoms with Crippen LogP contribution >= 0.6 is 35.2 Å². The molecule has 6 N–H and O–H groups in total. The molecule has 342 valence electrons. The fraction of sp³-hybridized carbons (Fsp3) is 0.750. The molecule has 2 aromatic rings. The van der Waals surface area contributed by atoms with Crippen LogP contribution in [0.15, 0.2) is 12.7 Å². The third-order valence-electron chi connectivity index (χ3n) is 8.97. The lowest BCUT2D eigenvalue weighted by Crippen LogP contribution is -2.46. The van der Waals surface area contributed by atoms with Crippen LogP contribution in [0.2, 0.25) is 0 Å². The number of nitrogens with zero attached hydrogens (tertiary/aromatic N) is 4. The number of imidazole rings is 1. The van der Waals surface area contributed by atoms with Gasteiger partial charge in [0.05, 0.1) is 27.4 Å². The molecule has 28 heteroatoms. The minimum atomic E-state index is -5.91. The number of nitrogens with one attached hydrogen (secondary N) is 2. The van der Waals surface area contributed by atoms with Crippen molar-refractivity contribution < 1.29 is 80.5 Å². The Labute approximate surface area is 350 Å². The van der Waals surface area contributed by atoms with Crippen molar-refractivity contribution in [3.63, 3.8) is 0 Å². The number of rotatable bonds is 28. The molecule has 0 spiro atoms. The molecule has 2 amide bonds. The monoisotopic (exact) mass is 931 g/mol. The smallest absolute Gasteiger partial charge is 0.274 e. The van der Waals surface area contributed by atoms with Crippen molar-refractivity contribution in [1.29, 1.82) is 0 Å². The molecule has 0 bridgehead atoms. The van der Waals surface area contributed by atoms with E-state index in [0.717, 1.165) is 48.2 Å². The predicted octanol–water partition coefficient (Wildman–Crippen LogP) is -0.332. The SMILES string of the molecule is CCCCCCCCCCC(=O)SCCNC(=O)CCNC(=O)[C@H](O)C(C)(C)COP(=O)([O-])OP(=O)([O-])OC[C@H]1O[C@@H](n2cnc3c(N)ncnc32)[C@H](O)[C@@H]1OP(=O)([O-])[O-]. The van der Waals surface area contributed by atoms with Gasteiger partial charge in [-0.1, -0.05) is 77.5 Å². The molecule has 1 fully saturated rings. The zero-order chi connectivity index (χ0) is 44.7. The number of aliphatic hydroxyl groups is 2. The first-order chi connectivity index (χ1) is 28.1. The Bertz CT molecular complexity index is 1870. The summed E-state index contributed by atoms with van der Waals surface area (Å²) in [5, 5.41) is 26.4. The van der Waals surface area contributed by atoms with Crippen molar-refractivity contribution in [2.24, 2.45) is 5.41 Å². The average molecular weight is 932 g/mol. The molecule has 0 aromatic carbocycles. The topological polar surface area (TPSA) is 375 Å². The average Bonchev–Trinajstić information content (AvgIpc) is 3.72. The van der Waals surface area contributed by atoms with Gasteiger partial charge in [0.25, 0.3) is 15.6 Å². The summed E-state index contributed by atoms with van der Waals surface area (Å²) in [5.41, 5.74) is 4.09. The molecule has 1 saturated heterocycles. The number of phosphoric acid groups is 3. The standard InChI is InChI=1S/C32H56N7O17P3S/c1-4-5-6-7-8-9-10-11-12-23(41)60-16-15-34-22(40)13-14-35-30(44)27(43)32(2,3)18-53-59(50,51)56-58(48,49)52-17-21-26(55-57(45,46)47)25(42)31(54-21)39-20-38-24-28(33)36-19-37-29(24)39/h19-21,25-27,31,42-43H,4-18H2,1-3H3,(H,34,40)(H,35,44)(H,48,49)(H,50,51)(H2,33,36,37)(H2,45,46,47)/p-4/t21-,25-,26-,27+,31-/m1/s1. The Hall–Kier alpha value is -2.44. The Morgan fingerprint density at radius 2 is 1.62 bits per heavy atom. The number of ether oxygens (including phenoxy) is 1. The molecule has 24 nitrogen and oxygen atoms in total. The van der Waals surface area contributed by atoms with Crippen molar-refractivity contribution in [2.75, 3.05) is 37.8 Å². The fourth-order valence-electron chi connectivity index (χ4n) is 5.75. The molecule has 1 aliphatic heterocycles. The van der Waals surface area contributed by atoms with E-state index in [4.69, 9.17) is 10.5 Å². The van der Waals surface area contributed by atoms with E-state index >= 15 is 0 Å². The first kappa shape index (κ1) is 51.9. The van der Waals surface area contributed by atoms with Gasteiger partial charge in [0.2, 0.25) is 11.8 Å². The lowest BCUT2D eigenvalue weighted by molar-refractivity contribution is -0.347. The van der Waals surface area contributed by atoms with Crippen molar-refractivity contribution in [3.8, 4) is 0 Å². The number of nitrogen functional groups attached to an aromatic ring is 1. The summed E-state index contributed by atoms with van der Waals surface area (Å²) in [6.45, 7) is 2.34. The Kier molecular flexibility index (Phi) is 20.6. The van der Waals surface area contributed by atoms with Gasteiger partial charge in [-0.05, 0) is 6.42 Å². The molecule has 2 aromatic heterocycles. The third-order valence-corrected chi connectivity index (χ3v) is 12.9. The highest BCUT2D eigenvalue weighted by Gasteiger charge is 2.47. The van der Waals surface area contributed by atoms with E-state index in [1.165, 1.54) is 46.0 Å². The van der Waals surface area contributed by atoms with Crippen molar-refractivity contribution >= 4 is 69.1 Å². The number of nitrogens with two attached hydrogens (primary N) is 1. The number of amides is 2. The number of carbonyl (C=O) groups is 3. The van der Waals surface area contributed by atoms with Gasteiger partial charge in [0.1, 0.15) is 36.3 Å². The fourth-order valence-corrected chi connectivity index (χ4v) is 9.20. The van der Waals surface area contributed by atoms with Gasteiger partial charge in [-0.3, -0.25) is 28.1 Å². The van der Waals surface area contributed by atoms with Gasteiger partial charge in [-0.25, -0.2) is 19.3 Å². The zero-order valence-corrected chi connectivity index (χ0v) is 36.8. The van der Waals surface area contributed by atoms with Crippen molar-refractivity contribution in [1.82, 2.24) is 30.2 Å². The Balaban J connectivity index is 1.40. The predicted molar refractivity (Wildman–Crippen MR) is 205 cm³/mol. The summed E-state index contributed by atoms with van der Waals surface area (Å²) in [4.78, 5) is 96.4. The van der Waals surface area contributed by atoms with E-state index < -0.39 is 84.6 Å². The maximum Gasteiger partial charge on any atom is 0.274 e. The number of phosphoric ester groups is 3. The summed E-state index contributed by atoms with van der Waals surface area (Å²) in [5.74, 6) is -1.13. The van der Waals surface area contributed by atoms with Crippen LogP contribution < -0.4 is 35.9 Å². The summed E-state index contributed by atoms with van der Waals surface area (Å²) in [6.07, 6.45) is 1.94. The van der Waals surface area contributed by atoms with E-state index in [-0.39, 0.29) is 41.6 Å². The van der Waals surface area contributed by atoms with Crippen LogP contribution in [-0.4, -0.2) is 103 Å². The van der Waals surface area contributed by atoms with Crippen LogP contribution in [0.25, 0.3) is 11.2 Å². The molecule has 60 heavy (non-hydrogen) atoms. The molecule has 0 saturated carbocycles. The van der Waals surface area contributed by atoms with Crippen molar-refractivity contribution in [3.05, 3.63) is 12.7 Å². The first-order valence-corrected chi connectivity index (χ1v) is 24.4. The van der Waals surface area contributed by atoms with Crippen LogP contribution in [0.5, 0.6) is 0 Å². The minimum absolute atomic E-state index is 0.0188. The van der Waals surface area contributed by atoms with E-state index in [9.17, 15) is 57.9 Å². The minimum Gasteiger partial charge on any atom is -0.790 e. The molecule has 0 aliphatic carbocycles. The van der Waals surface area contributed by atoms with Gasteiger partial charge in [-0.2, -0.15) is 0 Å². The number of aromatic nitrogens is 4. The number of carbonyl (C=O) groups excluding carboxylic acids is 3. The normalized spacial score (nSPS) is 21.0. The number of unbranched alkanes of at least 4 members (excludes halogenated alkanes) is 7. The lowest BCUT2D eigenvalue weighted by Gasteiger charge is -2.36. The second-order valence-electron chi connectivity index (χ2n) is 14.4. The van der Waals surface area contributed by atoms with Crippen LogP contribution in [0.3, 0.4) is 0 Å². The van der Waals surface area contributed by atoms with Crippen LogP contribution in [0.1, 0.15) is 91.2 Å². The molecule has 1 aliphatic rings. The molecule has 0 radical (unpaired) electrons. The van der Waals surface area contributed by atoms with Gasteiger partial charge in [-0.15, -0.1) is 0 Å². The van der Waals surface area contributed by atoms with E-state index in [1.807, 2.05) is 0 Å². The lowest BCUT2D eigenvalue weighted by atomic mass is 9.87. The summed E-state index contributed by atoms with van der Waals surface area (Å²) >= 11 is 1.13. The summed E-state index contributed by atoms with van der Waals surface area (Å²) in [7, 11) is -17.6. The molecule has 3 rings (SSSR count). The number of hydrogen-bond acceptors (Lipinski definition) is 22. The largest absolute Gasteiger partial charge is 0.790 e. The molecular weight excluding hydrogens is 879 g/mol. The maximum atomic E-state index is 12.6.